The molecule has 0 unspecified atom stereocenters. The number of aromatic nitrogens is 4. The van der Waals surface area contributed by atoms with Crippen LogP contribution < -0.4 is 28.4 Å². The predicted octanol–water partition coefficient (Wildman–Crippen LogP) is 12.4. The number of hydrogen-bond donors (Lipinski definition) is 0. The molecule has 338 valence electrons. The Bertz CT molecular complexity index is 3430. The number of ether oxygens (including phenoxy) is 6. The molecule has 4 heterocycles. The third-order valence-corrected chi connectivity index (χ3v) is 11.7. The van der Waals surface area contributed by atoms with Crippen molar-refractivity contribution >= 4 is 43.6 Å². The van der Waals surface area contributed by atoms with Crippen LogP contribution in [0.2, 0.25) is 0 Å². The second-order valence-corrected chi connectivity index (χ2v) is 16.1. The summed E-state index contributed by atoms with van der Waals surface area (Å²) in [5, 5.41) is 3.76. The van der Waals surface area contributed by atoms with E-state index in [4.69, 9.17) is 43.4 Å². The Labute approximate surface area is 396 Å². The highest BCUT2D eigenvalue weighted by atomic mass is 16.5. The highest BCUT2D eigenvalue weighted by Gasteiger charge is 2.21. The molecule has 0 atom stereocenters. The Kier molecular flexibility index (Phi) is 13.5. The number of hydrogen-bond acceptors (Lipinski definition) is 10. The van der Waals surface area contributed by atoms with E-state index in [0.717, 1.165) is 69.4 Å². The molecule has 0 saturated carbocycles. The molecule has 68 heavy (non-hydrogen) atoms. The average molecular weight is 899 g/mol. The highest BCUT2D eigenvalue weighted by Crippen LogP contribution is 2.42. The average Bonchev–Trinajstić information content (AvgIpc) is 3.39. The minimum Gasteiger partial charge on any atom is -0.496 e. The second kappa shape index (κ2) is 20.4. The summed E-state index contributed by atoms with van der Waals surface area (Å²) in [6.07, 6.45) is 7.27. The van der Waals surface area contributed by atoms with Gasteiger partial charge in [0.15, 0.2) is 0 Å². The van der Waals surface area contributed by atoms with Gasteiger partial charge in [0.2, 0.25) is 0 Å². The fourth-order valence-electron chi connectivity index (χ4n) is 8.16. The van der Waals surface area contributed by atoms with E-state index >= 15 is 0 Å². The molecule has 4 aromatic heterocycles. The van der Waals surface area contributed by atoms with E-state index in [-0.39, 0.29) is 0 Å². The van der Waals surface area contributed by atoms with Crippen LogP contribution in [0.5, 0.6) is 34.5 Å². The van der Waals surface area contributed by atoms with Crippen molar-refractivity contribution < 1.29 is 28.4 Å². The van der Waals surface area contributed by atoms with Gasteiger partial charge < -0.3 is 28.4 Å². The van der Waals surface area contributed by atoms with E-state index in [1.807, 2.05) is 97.1 Å². The number of pyridine rings is 4. The van der Waals surface area contributed by atoms with Gasteiger partial charge in [0.1, 0.15) is 34.5 Å². The zero-order valence-electron chi connectivity index (χ0n) is 39.0. The maximum atomic E-state index is 6.50. The van der Waals surface area contributed by atoms with E-state index in [1.165, 1.54) is 0 Å². The molecule has 9 rings (SSSR count). The molecule has 0 aliphatic heterocycles. The third-order valence-electron chi connectivity index (χ3n) is 11.7. The molecule has 0 fully saturated rings. The smallest absolute Gasteiger partial charge is 0.136 e. The molecule has 10 heteroatoms. The summed E-state index contributed by atoms with van der Waals surface area (Å²) in [6.45, 7) is 5.30. The molecule has 5 aromatic carbocycles. The van der Waals surface area contributed by atoms with Crippen LogP contribution in [-0.2, 0) is 0 Å². The van der Waals surface area contributed by atoms with Crippen molar-refractivity contribution in [2.75, 3.05) is 41.7 Å². The summed E-state index contributed by atoms with van der Waals surface area (Å²) >= 11 is 0. The fraction of sp³-hybridized carbons (Fsp3) is 0.207. The van der Waals surface area contributed by atoms with Crippen molar-refractivity contribution in [3.63, 3.8) is 0 Å². The van der Waals surface area contributed by atoms with Gasteiger partial charge in [0.05, 0.1) is 103 Å². The van der Waals surface area contributed by atoms with Crippen molar-refractivity contribution in [1.29, 1.82) is 0 Å². The minimum atomic E-state index is 0.509. The maximum absolute atomic E-state index is 6.50. The van der Waals surface area contributed by atoms with E-state index in [9.17, 15) is 0 Å². The lowest BCUT2D eigenvalue weighted by atomic mass is 9.99. The van der Waals surface area contributed by atoms with Gasteiger partial charge in [0.25, 0.3) is 0 Å². The summed E-state index contributed by atoms with van der Waals surface area (Å²) in [6, 6.07) is 35.5. The molecule has 0 N–H and O–H groups in total. The van der Waals surface area contributed by atoms with Crippen molar-refractivity contribution in [1.82, 2.24) is 19.9 Å². The Hall–Kier alpha value is -8.34. The second-order valence-electron chi connectivity index (χ2n) is 16.1. The topological polar surface area (TPSA) is 107 Å². The van der Waals surface area contributed by atoms with Gasteiger partial charge in [-0.25, -0.2) is 9.97 Å². The van der Waals surface area contributed by atoms with E-state index in [2.05, 4.69) is 54.6 Å². The lowest BCUT2D eigenvalue weighted by Crippen LogP contribution is -2.03. The van der Waals surface area contributed by atoms with Gasteiger partial charge in [-0.2, -0.15) is 0 Å². The van der Waals surface area contributed by atoms with Crippen LogP contribution in [0.4, 0.5) is 0 Å². The minimum absolute atomic E-state index is 0.509. The summed E-state index contributed by atoms with van der Waals surface area (Å²) in [5.74, 6) is 17.4. The SMILES string of the molecule is CCCCOc1cc(C#Cc2cc3ccc4ccc(-c5c(OC)cccc5OC)nc4c3nc2-c2c(OC)cccc2OC)c(OCCCC)cc1C#Cc1cnc2c(ccc3cccnc32)c1. The maximum Gasteiger partial charge on any atom is 0.136 e. The Morgan fingerprint density at radius 3 is 1.57 bits per heavy atom. The lowest BCUT2D eigenvalue weighted by Gasteiger charge is -2.16. The number of methoxy groups -OCH3 is 4. The first-order chi connectivity index (χ1) is 33.4. The fourth-order valence-corrected chi connectivity index (χ4v) is 8.16. The van der Waals surface area contributed by atoms with Gasteiger partial charge >= 0.3 is 0 Å². The zero-order chi connectivity index (χ0) is 47.0. The first kappa shape index (κ1) is 44.8. The molecular formula is C58H50N4O6. The molecule has 10 nitrogen and oxygen atoms in total. The molecule has 0 radical (unpaired) electrons. The first-order valence-electron chi connectivity index (χ1n) is 22.7. The van der Waals surface area contributed by atoms with Gasteiger partial charge in [-0.3, -0.25) is 9.97 Å². The molecule has 9 aromatic rings. The zero-order valence-corrected chi connectivity index (χ0v) is 39.0. The predicted molar refractivity (Wildman–Crippen MR) is 270 cm³/mol. The monoisotopic (exact) mass is 898 g/mol. The molecule has 0 bridgehead atoms. The van der Waals surface area contributed by atoms with Gasteiger partial charge in [-0.05, 0) is 61.4 Å². The number of nitrogens with zero attached hydrogens (tertiary/aromatic N) is 4. The Morgan fingerprint density at radius 2 is 0.956 bits per heavy atom. The van der Waals surface area contributed by atoms with Crippen molar-refractivity contribution in [3.05, 3.63) is 144 Å². The van der Waals surface area contributed by atoms with Gasteiger partial charge in [-0.15, -0.1) is 0 Å². The van der Waals surface area contributed by atoms with Crippen LogP contribution in [0.25, 0.3) is 66.1 Å². The molecular weight excluding hydrogens is 849 g/mol. The van der Waals surface area contributed by atoms with Crippen LogP contribution in [0.3, 0.4) is 0 Å². The van der Waals surface area contributed by atoms with Crippen LogP contribution in [0.1, 0.15) is 61.8 Å². The largest absolute Gasteiger partial charge is 0.496 e. The number of unbranched alkanes of at least 4 members (excludes halogenated alkanes) is 2. The van der Waals surface area contributed by atoms with Crippen LogP contribution >= 0.6 is 0 Å². The van der Waals surface area contributed by atoms with Crippen molar-refractivity contribution in [2.24, 2.45) is 0 Å². The van der Waals surface area contributed by atoms with Gasteiger partial charge in [0, 0.05) is 51.6 Å². The van der Waals surface area contributed by atoms with Crippen molar-refractivity contribution in [3.8, 4) is 80.7 Å². The Morgan fingerprint density at radius 1 is 0.441 bits per heavy atom. The highest BCUT2D eigenvalue weighted by molar-refractivity contribution is 6.06. The molecule has 0 spiro atoms. The van der Waals surface area contributed by atoms with Crippen molar-refractivity contribution in [2.45, 2.75) is 39.5 Å². The third kappa shape index (κ3) is 9.10. The lowest BCUT2D eigenvalue weighted by molar-refractivity contribution is 0.299. The first-order valence-corrected chi connectivity index (χ1v) is 22.7. The summed E-state index contributed by atoms with van der Waals surface area (Å²) < 4.78 is 36.4. The van der Waals surface area contributed by atoms with Crippen LogP contribution in [0.15, 0.2) is 122 Å². The standard InChI is InChI=1S/C58H50N4O6/c1-7-9-30-67-50-35-41(51(68-31-10-8-2)34-40(50)20-19-37-32-42-24-21-38-14-13-29-59-55(38)56(42)60-36-37)23-26-43-33-44-25-22-39-27-28-45(52-46(63-3)15-11-16-47(52)64-4)61-57(39)58(44)62-54(43)53-48(65-5)17-12-18-49(53)66-6/h11-18,21-22,24-25,27-29,32-36H,7-10,30-31H2,1-6H3. The van der Waals surface area contributed by atoms with E-state index < -0.39 is 0 Å². The number of rotatable bonds is 14. The van der Waals surface area contributed by atoms with Crippen LogP contribution in [0, 0.1) is 23.7 Å². The van der Waals surface area contributed by atoms with E-state index in [0.29, 0.717) is 92.4 Å². The molecule has 0 aliphatic carbocycles. The quantitative estimate of drug-likeness (QED) is 0.0595. The Balaban J connectivity index is 1.21. The summed E-state index contributed by atoms with van der Waals surface area (Å²) in [5.41, 5.74) is 8.48. The molecule has 0 saturated heterocycles. The molecule has 0 aliphatic rings. The summed E-state index contributed by atoms with van der Waals surface area (Å²) in [4.78, 5) is 20.0. The van der Waals surface area contributed by atoms with E-state index in [1.54, 1.807) is 40.8 Å². The normalized spacial score (nSPS) is 10.9. The van der Waals surface area contributed by atoms with Gasteiger partial charge in [-0.1, -0.05) is 98.9 Å². The number of fused-ring (bicyclic) bond motifs is 6. The summed E-state index contributed by atoms with van der Waals surface area (Å²) in [7, 11) is 6.54. The number of benzene rings is 5. The molecule has 0 amide bonds. The van der Waals surface area contributed by atoms with Crippen LogP contribution in [-0.4, -0.2) is 61.6 Å².